The highest BCUT2D eigenvalue weighted by molar-refractivity contribution is 7.84. The maximum Gasteiger partial charge on any atom is 0.422 e. The molecule has 0 bridgehead atoms. The van der Waals surface area contributed by atoms with E-state index < -0.39 is 63.2 Å². The first-order chi connectivity index (χ1) is 21.4. The number of pyridine rings is 1. The van der Waals surface area contributed by atoms with Crippen molar-refractivity contribution >= 4 is 16.8 Å². The Hall–Kier alpha value is -3.35. The summed E-state index contributed by atoms with van der Waals surface area (Å²) >= 11 is 0. The molecule has 12 heteroatoms. The number of aromatic nitrogens is 1. The van der Waals surface area contributed by atoms with Gasteiger partial charge in [0.25, 0.3) is 0 Å². The Morgan fingerprint density at radius 3 is 2.39 bits per heavy atom. The van der Waals surface area contributed by atoms with Crippen molar-refractivity contribution in [3.8, 4) is 22.8 Å². The molecule has 248 valence electrons. The summed E-state index contributed by atoms with van der Waals surface area (Å²) in [4.78, 5) is 17.5. The zero-order valence-corrected chi connectivity index (χ0v) is 27.2. The summed E-state index contributed by atoms with van der Waals surface area (Å²) in [6, 6.07) is 10.9. The van der Waals surface area contributed by atoms with Gasteiger partial charge in [0.15, 0.2) is 11.5 Å². The molecule has 0 saturated heterocycles. The Morgan fingerprint density at radius 2 is 1.80 bits per heavy atom. The first kappa shape index (κ1) is 34.0. The number of carbonyl (C=O) groups excluding carboxylic acids is 1. The van der Waals surface area contributed by atoms with Crippen molar-refractivity contribution in [2.45, 2.75) is 81.9 Å². The van der Waals surface area contributed by atoms with E-state index in [-0.39, 0.29) is 34.7 Å². The lowest BCUT2D eigenvalue weighted by Gasteiger charge is -2.32. The van der Waals surface area contributed by atoms with Crippen LogP contribution in [0.4, 0.5) is 17.6 Å². The molecule has 1 aliphatic heterocycles. The molecule has 5 rings (SSSR count). The van der Waals surface area contributed by atoms with E-state index in [2.05, 4.69) is 9.71 Å². The molecule has 1 aliphatic carbocycles. The van der Waals surface area contributed by atoms with Crippen LogP contribution >= 0.6 is 0 Å². The standard InChI is InChI=1S/C34H38F4N2O5S/c1-31(2,3)46(43)40-32(4)19-45-30-25(32)18-28(39-29(30)21-10-12-24(35)13-11-21)33(42,34(36,37)38)15-14-26(41)22-8-9-23(16-20-6-7-20)27(17-22)44-5/h8-13,17-18,20,40,42H,6-7,14-16,19H2,1-5H3. The number of methoxy groups -OCH3 is 1. The zero-order valence-electron chi connectivity index (χ0n) is 26.4. The predicted octanol–water partition coefficient (Wildman–Crippen LogP) is 6.92. The molecule has 2 N–H and O–H groups in total. The number of ketones is 1. The molecule has 1 aromatic heterocycles. The van der Waals surface area contributed by atoms with Crippen molar-refractivity contribution in [3.05, 3.63) is 76.7 Å². The second-order valence-corrected chi connectivity index (χ2v) is 15.3. The van der Waals surface area contributed by atoms with Gasteiger partial charge in [-0.2, -0.15) is 13.2 Å². The van der Waals surface area contributed by atoms with Gasteiger partial charge < -0.3 is 14.6 Å². The van der Waals surface area contributed by atoms with Crippen LogP contribution in [-0.2, 0) is 28.5 Å². The van der Waals surface area contributed by atoms with Crippen LogP contribution in [0.5, 0.6) is 11.5 Å². The van der Waals surface area contributed by atoms with Gasteiger partial charge in [0, 0.05) is 23.1 Å². The number of benzene rings is 2. The molecule has 2 aliphatic rings. The Balaban J connectivity index is 1.54. The smallest absolute Gasteiger partial charge is 0.422 e. The van der Waals surface area contributed by atoms with Gasteiger partial charge in [0.2, 0.25) is 5.60 Å². The molecule has 2 aromatic carbocycles. The topological polar surface area (TPSA) is 97.8 Å². The number of hydrogen-bond acceptors (Lipinski definition) is 6. The lowest BCUT2D eigenvalue weighted by molar-refractivity contribution is -0.270. The van der Waals surface area contributed by atoms with E-state index in [9.17, 15) is 31.7 Å². The SMILES string of the molecule is COc1cc(C(=O)CCC(O)(c2cc3c(c(-c4ccc(F)cc4)n2)OCC3(C)NS(=O)C(C)(C)C)C(F)(F)F)ccc1CC1CC1. The minimum Gasteiger partial charge on any atom is -0.496 e. The number of rotatable bonds is 11. The Labute approximate surface area is 268 Å². The van der Waals surface area contributed by atoms with E-state index in [1.807, 2.05) is 0 Å². The highest BCUT2D eigenvalue weighted by Gasteiger charge is 2.57. The fraction of sp³-hybridized carbons (Fsp3) is 0.471. The molecule has 7 nitrogen and oxygen atoms in total. The van der Waals surface area contributed by atoms with Crippen LogP contribution in [0.2, 0.25) is 0 Å². The molecule has 3 atom stereocenters. The van der Waals surface area contributed by atoms with Crippen molar-refractivity contribution in [1.82, 2.24) is 9.71 Å². The molecule has 46 heavy (non-hydrogen) atoms. The Morgan fingerprint density at radius 1 is 1.13 bits per heavy atom. The van der Waals surface area contributed by atoms with Crippen LogP contribution in [0.1, 0.15) is 80.6 Å². The average Bonchev–Trinajstić information content (AvgIpc) is 3.75. The highest BCUT2D eigenvalue weighted by Crippen LogP contribution is 2.49. The van der Waals surface area contributed by atoms with Gasteiger partial charge in [-0.15, -0.1) is 0 Å². The molecule has 0 spiro atoms. The molecular formula is C34H38F4N2O5S. The van der Waals surface area contributed by atoms with E-state index in [0.717, 1.165) is 43.0 Å². The van der Waals surface area contributed by atoms with Crippen molar-refractivity contribution in [2.75, 3.05) is 13.7 Å². The van der Waals surface area contributed by atoms with Gasteiger partial charge in [-0.25, -0.2) is 18.3 Å². The third kappa shape index (κ3) is 6.84. The molecule has 1 fully saturated rings. The van der Waals surface area contributed by atoms with Crippen LogP contribution in [-0.4, -0.2) is 44.7 Å². The first-order valence-corrected chi connectivity index (χ1v) is 16.2. The lowest BCUT2D eigenvalue weighted by atomic mass is 9.86. The number of fused-ring (bicyclic) bond motifs is 1. The number of alkyl halides is 3. The van der Waals surface area contributed by atoms with Crippen LogP contribution in [0.15, 0.2) is 48.5 Å². The van der Waals surface area contributed by atoms with Gasteiger partial charge >= 0.3 is 6.18 Å². The number of hydrogen-bond donors (Lipinski definition) is 2. The number of halogens is 4. The van der Waals surface area contributed by atoms with E-state index in [0.29, 0.717) is 11.7 Å². The first-order valence-electron chi connectivity index (χ1n) is 15.1. The summed E-state index contributed by atoms with van der Waals surface area (Å²) in [5, 5.41) is 11.4. The number of carbonyl (C=O) groups is 1. The largest absolute Gasteiger partial charge is 0.496 e. The van der Waals surface area contributed by atoms with E-state index in [4.69, 9.17) is 9.47 Å². The number of nitrogens with one attached hydrogen (secondary N) is 1. The fourth-order valence-electron chi connectivity index (χ4n) is 5.41. The number of ether oxygens (including phenoxy) is 2. The van der Waals surface area contributed by atoms with Crippen molar-refractivity contribution in [3.63, 3.8) is 0 Å². The van der Waals surface area contributed by atoms with Gasteiger partial charge in [-0.3, -0.25) is 4.79 Å². The summed E-state index contributed by atoms with van der Waals surface area (Å²) in [7, 11) is -0.172. The lowest BCUT2D eigenvalue weighted by Crippen LogP contribution is -2.47. The van der Waals surface area contributed by atoms with Crippen molar-refractivity contribution < 1.29 is 41.1 Å². The quantitative estimate of drug-likeness (QED) is 0.171. The van der Waals surface area contributed by atoms with Gasteiger partial charge in [0.1, 0.15) is 23.9 Å². The number of Topliss-reactive ketones (excluding diaryl/α,β-unsaturated/α-hetero) is 1. The monoisotopic (exact) mass is 662 g/mol. The maximum absolute atomic E-state index is 14.9. The van der Waals surface area contributed by atoms with Gasteiger partial charge in [-0.1, -0.05) is 12.1 Å². The van der Waals surface area contributed by atoms with Gasteiger partial charge in [0.05, 0.1) is 34.1 Å². The normalized spacial score (nSPS) is 20.0. The third-order valence-corrected chi connectivity index (χ3v) is 10.2. The third-order valence-electron chi connectivity index (χ3n) is 8.49. The predicted molar refractivity (Wildman–Crippen MR) is 166 cm³/mol. The van der Waals surface area contributed by atoms with Crippen LogP contribution in [0.25, 0.3) is 11.3 Å². The Kier molecular flexibility index (Phi) is 9.13. The molecule has 0 radical (unpaired) electrons. The molecule has 3 unspecified atom stereocenters. The summed E-state index contributed by atoms with van der Waals surface area (Å²) in [5.41, 5.74) is -4.05. The summed E-state index contributed by atoms with van der Waals surface area (Å²) in [5.74, 6) is 0.0110. The van der Waals surface area contributed by atoms with Crippen molar-refractivity contribution in [2.24, 2.45) is 5.92 Å². The summed E-state index contributed by atoms with van der Waals surface area (Å²) in [6.07, 6.45) is -3.87. The number of aliphatic hydroxyl groups is 1. The average molecular weight is 663 g/mol. The summed E-state index contributed by atoms with van der Waals surface area (Å²) in [6.45, 7) is 6.78. The van der Waals surface area contributed by atoms with Crippen molar-refractivity contribution in [1.29, 1.82) is 0 Å². The van der Waals surface area contributed by atoms with E-state index in [1.165, 1.54) is 25.3 Å². The molecule has 2 heterocycles. The Bertz CT molecular complexity index is 1650. The molecule has 3 aromatic rings. The maximum atomic E-state index is 14.9. The second-order valence-electron chi connectivity index (χ2n) is 13.3. The molecule has 1 saturated carbocycles. The fourth-order valence-corrected chi connectivity index (χ4v) is 6.30. The zero-order chi connectivity index (χ0) is 33.7. The molecular weight excluding hydrogens is 624 g/mol. The minimum atomic E-state index is -5.24. The van der Waals surface area contributed by atoms with Crippen LogP contribution in [0, 0.1) is 11.7 Å². The highest BCUT2D eigenvalue weighted by atomic mass is 32.2. The second kappa shape index (κ2) is 12.4. The van der Waals surface area contributed by atoms with E-state index >= 15 is 0 Å². The minimum absolute atomic E-state index is 0.0513. The van der Waals surface area contributed by atoms with Crippen LogP contribution < -0.4 is 14.2 Å². The number of nitrogens with zero attached hydrogens (tertiary/aromatic N) is 1. The van der Waals surface area contributed by atoms with Gasteiger partial charge in [-0.05, 0) is 101 Å². The van der Waals surface area contributed by atoms with Crippen LogP contribution in [0.3, 0.4) is 0 Å². The summed E-state index contributed by atoms with van der Waals surface area (Å²) < 4.78 is 85.2. The molecule has 0 amide bonds. The van der Waals surface area contributed by atoms with E-state index in [1.54, 1.807) is 39.8 Å².